The number of piperidine rings is 1. The standard InChI is InChI=1S/C21H25NOSe/c1-3-17-14-20(24-19-12-8-5-9-13-19)21(22(15-17)16(2)23)18-10-6-4-7-11-18/h4-13,17,20-21H,3,14-15H2,1-2H3/t17-,20+,21-/m0/s1. The van der Waals surface area contributed by atoms with E-state index >= 15 is 0 Å². The predicted molar refractivity (Wildman–Crippen MR) is 101 cm³/mol. The molecule has 3 heteroatoms. The minimum atomic E-state index is 0.205. The van der Waals surface area contributed by atoms with E-state index in [0.29, 0.717) is 25.7 Å². The minimum absolute atomic E-state index is 0.205. The van der Waals surface area contributed by atoms with E-state index in [9.17, 15) is 4.79 Å². The molecule has 3 rings (SSSR count). The van der Waals surface area contributed by atoms with Crippen LogP contribution in [0.5, 0.6) is 0 Å². The van der Waals surface area contributed by atoms with Gasteiger partial charge in [-0.05, 0) is 0 Å². The van der Waals surface area contributed by atoms with Crippen molar-refractivity contribution in [3.05, 3.63) is 66.2 Å². The van der Waals surface area contributed by atoms with E-state index in [1.54, 1.807) is 6.92 Å². The van der Waals surface area contributed by atoms with Crippen molar-refractivity contribution in [2.75, 3.05) is 6.54 Å². The summed E-state index contributed by atoms with van der Waals surface area (Å²) in [7, 11) is 0. The molecule has 0 N–H and O–H groups in total. The summed E-state index contributed by atoms with van der Waals surface area (Å²) in [6.45, 7) is 4.87. The molecule has 1 heterocycles. The average Bonchev–Trinajstić information content (AvgIpc) is 2.62. The Kier molecular flexibility index (Phi) is 5.76. The topological polar surface area (TPSA) is 20.3 Å². The van der Waals surface area contributed by atoms with E-state index in [4.69, 9.17) is 0 Å². The van der Waals surface area contributed by atoms with Gasteiger partial charge in [0.2, 0.25) is 0 Å². The summed E-state index contributed by atoms with van der Waals surface area (Å²) in [4.78, 5) is 15.0. The molecule has 0 spiro atoms. The summed E-state index contributed by atoms with van der Waals surface area (Å²) in [6, 6.07) is 21.6. The van der Waals surface area contributed by atoms with Crippen molar-refractivity contribution in [2.45, 2.75) is 37.5 Å². The molecule has 2 aromatic carbocycles. The molecule has 1 saturated heterocycles. The zero-order valence-electron chi connectivity index (χ0n) is 14.4. The number of nitrogens with zero attached hydrogens (tertiary/aromatic N) is 1. The number of hydrogen-bond acceptors (Lipinski definition) is 1. The van der Waals surface area contributed by atoms with Crippen LogP contribution in [0, 0.1) is 5.92 Å². The monoisotopic (exact) mass is 387 g/mol. The Bertz CT molecular complexity index is 658. The van der Waals surface area contributed by atoms with Crippen LogP contribution in [0.3, 0.4) is 0 Å². The van der Waals surface area contributed by atoms with Crippen LogP contribution in [-0.4, -0.2) is 32.3 Å². The molecule has 0 radical (unpaired) electrons. The normalized spacial score (nSPS) is 23.9. The second kappa shape index (κ2) is 8.00. The number of benzene rings is 2. The second-order valence-corrected chi connectivity index (χ2v) is 9.26. The van der Waals surface area contributed by atoms with Crippen molar-refractivity contribution in [3.63, 3.8) is 0 Å². The Hall–Kier alpha value is -1.57. The fraction of sp³-hybridized carbons (Fsp3) is 0.381. The SMILES string of the molecule is CC[C@H]1C[C@@H]([Se]c2ccccc2)[C@H](c2ccccc2)N(C(C)=O)C1. The van der Waals surface area contributed by atoms with Crippen LogP contribution in [0.15, 0.2) is 60.7 Å². The van der Waals surface area contributed by atoms with Gasteiger partial charge in [0.05, 0.1) is 0 Å². The van der Waals surface area contributed by atoms with Crippen LogP contribution < -0.4 is 4.46 Å². The molecule has 0 aliphatic carbocycles. The van der Waals surface area contributed by atoms with E-state index in [2.05, 4.69) is 72.5 Å². The maximum absolute atomic E-state index is 12.4. The van der Waals surface area contributed by atoms with Crippen LogP contribution in [0.4, 0.5) is 0 Å². The molecular formula is C21H25NOSe. The first kappa shape index (κ1) is 17.3. The van der Waals surface area contributed by atoms with Crippen LogP contribution in [0.25, 0.3) is 0 Å². The van der Waals surface area contributed by atoms with Gasteiger partial charge in [0.25, 0.3) is 0 Å². The molecule has 0 bridgehead atoms. The summed E-state index contributed by atoms with van der Waals surface area (Å²) >= 11 is 0.364. The van der Waals surface area contributed by atoms with E-state index in [-0.39, 0.29) is 11.9 Å². The van der Waals surface area contributed by atoms with Gasteiger partial charge < -0.3 is 0 Å². The Balaban J connectivity index is 1.94. The summed E-state index contributed by atoms with van der Waals surface area (Å²) in [6.07, 6.45) is 2.36. The van der Waals surface area contributed by atoms with Crippen molar-refractivity contribution >= 4 is 25.3 Å². The Morgan fingerprint density at radius 1 is 1.08 bits per heavy atom. The first-order valence-electron chi connectivity index (χ1n) is 8.73. The van der Waals surface area contributed by atoms with Gasteiger partial charge in [0.15, 0.2) is 0 Å². The Labute approximate surface area is 151 Å². The summed E-state index contributed by atoms with van der Waals surface area (Å²) in [5, 5.41) is 0. The molecule has 2 aromatic rings. The van der Waals surface area contributed by atoms with Gasteiger partial charge in [0, 0.05) is 0 Å². The van der Waals surface area contributed by atoms with Crippen LogP contribution in [-0.2, 0) is 4.79 Å². The zero-order chi connectivity index (χ0) is 16.9. The summed E-state index contributed by atoms with van der Waals surface area (Å²) in [5.74, 6) is 0.820. The quantitative estimate of drug-likeness (QED) is 0.732. The third kappa shape index (κ3) is 3.91. The molecule has 0 unspecified atom stereocenters. The van der Waals surface area contributed by atoms with Gasteiger partial charge in [0.1, 0.15) is 0 Å². The van der Waals surface area contributed by atoms with Gasteiger partial charge in [-0.1, -0.05) is 0 Å². The molecule has 1 fully saturated rings. The number of amides is 1. The van der Waals surface area contributed by atoms with Crippen molar-refractivity contribution < 1.29 is 4.79 Å². The number of likely N-dealkylation sites (tertiary alicyclic amines) is 1. The van der Waals surface area contributed by atoms with Gasteiger partial charge in [-0.15, -0.1) is 0 Å². The van der Waals surface area contributed by atoms with Crippen LogP contribution >= 0.6 is 0 Å². The first-order chi connectivity index (χ1) is 11.7. The molecule has 126 valence electrons. The number of rotatable bonds is 4. The molecule has 2 nitrogen and oxygen atoms in total. The van der Waals surface area contributed by atoms with Crippen molar-refractivity contribution in [2.24, 2.45) is 5.92 Å². The zero-order valence-corrected chi connectivity index (χ0v) is 16.1. The fourth-order valence-electron chi connectivity index (χ4n) is 3.58. The van der Waals surface area contributed by atoms with Gasteiger partial charge in [-0.2, -0.15) is 0 Å². The predicted octanol–water partition coefficient (Wildman–Crippen LogP) is 3.82. The average molecular weight is 386 g/mol. The molecule has 1 aliphatic rings. The van der Waals surface area contributed by atoms with Gasteiger partial charge in [-0.3, -0.25) is 0 Å². The Morgan fingerprint density at radius 2 is 1.71 bits per heavy atom. The van der Waals surface area contributed by atoms with E-state index in [1.165, 1.54) is 16.4 Å². The van der Waals surface area contributed by atoms with Crippen LogP contribution in [0.1, 0.15) is 38.3 Å². The number of hydrogen-bond donors (Lipinski definition) is 0. The third-order valence-corrected chi connectivity index (χ3v) is 7.58. The van der Waals surface area contributed by atoms with Crippen molar-refractivity contribution in [1.82, 2.24) is 4.90 Å². The number of carbonyl (C=O) groups excluding carboxylic acids is 1. The molecular weight excluding hydrogens is 361 g/mol. The van der Waals surface area contributed by atoms with Gasteiger partial charge in [-0.25, -0.2) is 0 Å². The van der Waals surface area contributed by atoms with E-state index in [1.807, 2.05) is 0 Å². The molecule has 1 amide bonds. The fourth-order valence-corrected chi connectivity index (χ4v) is 6.65. The summed E-state index contributed by atoms with van der Waals surface area (Å²) in [5.41, 5.74) is 1.28. The molecule has 3 atom stereocenters. The number of carbonyl (C=O) groups is 1. The van der Waals surface area contributed by atoms with Crippen molar-refractivity contribution in [1.29, 1.82) is 0 Å². The van der Waals surface area contributed by atoms with E-state index in [0.717, 1.165) is 13.0 Å². The van der Waals surface area contributed by atoms with Crippen molar-refractivity contribution in [3.8, 4) is 0 Å². The third-order valence-electron chi connectivity index (χ3n) is 4.86. The summed E-state index contributed by atoms with van der Waals surface area (Å²) < 4.78 is 1.43. The second-order valence-electron chi connectivity index (χ2n) is 6.51. The van der Waals surface area contributed by atoms with Crippen LogP contribution in [0.2, 0.25) is 4.82 Å². The maximum atomic E-state index is 12.4. The molecule has 0 saturated carbocycles. The molecule has 0 aromatic heterocycles. The molecule has 24 heavy (non-hydrogen) atoms. The molecule has 1 aliphatic heterocycles. The van der Waals surface area contributed by atoms with Gasteiger partial charge >= 0.3 is 151 Å². The van der Waals surface area contributed by atoms with E-state index < -0.39 is 0 Å². The Morgan fingerprint density at radius 3 is 2.29 bits per heavy atom. The first-order valence-corrected chi connectivity index (χ1v) is 10.6.